The fourth-order valence-electron chi connectivity index (χ4n) is 2.73. The van der Waals surface area contributed by atoms with Crippen LogP contribution >= 0.6 is 0 Å². The van der Waals surface area contributed by atoms with Gasteiger partial charge in [0.2, 0.25) is 0 Å². The zero-order valence-electron chi connectivity index (χ0n) is 14.0. The number of hydrogen-bond acceptors (Lipinski definition) is 2. The van der Waals surface area contributed by atoms with Gasteiger partial charge in [0.1, 0.15) is 0 Å². The molecule has 0 bridgehead atoms. The van der Waals surface area contributed by atoms with E-state index in [1.165, 1.54) is 49.2 Å². The van der Waals surface area contributed by atoms with E-state index in [0.29, 0.717) is 6.04 Å². The molecule has 20 heavy (non-hydrogen) atoms. The van der Waals surface area contributed by atoms with Crippen molar-refractivity contribution in [3.8, 4) is 0 Å². The summed E-state index contributed by atoms with van der Waals surface area (Å²) in [5.74, 6) is 0. The Morgan fingerprint density at radius 2 is 1.65 bits per heavy atom. The van der Waals surface area contributed by atoms with Gasteiger partial charge in [0, 0.05) is 12.6 Å². The van der Waals surface area contributed by atoms with Crippen molar-refractivity contribution < 1.29 is 0 Å². The zero-order valence-corrected chi connectivity index (χ0v) is 14.0. The third-order valence-electron chi connectivity index (χ3n) is 3.94. The summed E-state index contributed by atoms with van der Waals surface area (Å²) in [5, 5.41) is 3.64. The van der Waals surface area contributed by atoms with Crippen molar-refractivity contribution in [2.24, 2.45) is 0 Å². The fourth-order valence-corrected chi connectivity index (χ4v) is 2.73. The summed E-state index contributed by atoms with van der Waals surface area (Å²) in [6, 6.07) is 7.38. The number of nitrogens with one attached hydrogen (secondary N) is 1. The molecular weight excluding hydrogens is 244 g/mol. The van der Waals surface area contributed by atoms with Crippen LogP contribution in [0.3, 0.4) is 0 Å². The Morgan fingerprint density at radius 3 is 2.20 bits per heavy atom. The Labute approximate surface area is 125 Å². The Hall–Kier alpha value is -0.860. The lowest BCUT2D eigenvalue weighted by Crippen LogP contribution is -2.28. The van der Waals surface area contributed by atoms with Crippen LogP contribution in [0.2, 0.25) is 0 Å². The molecule has 2 heteroatoms. The molecule has 2 nitrogen and oxygen atoms in total. The van der Waals surface area contributed by atoms with Gasteiger partial charge in [0.25, 0.3) is 0 Å². The maximum absolute atomic E-state index is 3.64. The normalized spacial score (nSPS) is 12.9. The van der Waals surface area contributed by atoms with E-state index in [4.69, 9.17) is 0 Å². The van der Waals surface area contributed by atoms with Crippen LogP contribution < -0.4 is 5.32 Å². The predicted molar refractivity (Wildman–Crippen MR) is 89.2 cm³/mol. The van der Waals surface area contributed by atoms with E-state index in [9.17, 15) is 0 Å². The first-order chi connectivity index (χ1) is 9.55. The maximum Gasteiger partial charge on any atom is 0.0208 e. The molecule has 1 N–H and O–H groups in total. The van der Waals surface area contributed by atoms with Crippen molar-refractivity contribution in [1.29, 1.82) is 0 Å². The molecule has 0 saturated heterocycles. The summed E-state index contributed by atoms with van der Waals surface area (Å²) < 4.78 is 0. The number of benzene rings is 1. The molecule has 0 saturated carbocycles. The van der Waals surface area contributed by atoms with Gasteiger partial charge in [0.15, 0.2) is 0 Å². The average Bonchev–Trinajstić information content (AvgIpc) is 2.40. The minimum Gasteiger partial charge on any atom is -0.310 e. The van der Waals surface area contributed by atoms with Crippen LogP contribution in [0.1, 0.15) is 50.3 Å². The highest BCUT2D eigenvalue weighted by molar-refractivity contribution is 5.28. The van der Waals surface area contributed by atoms with Crippen LogP contribution in [0.5, 0.6) is 0 Å². The summed E-state index contributed by atoms with van der Waals surface area (Å²) in [6.45, 7) is 15.7. The van der Waals surface area contributed by atoms with E-state index >= 15 is 0 Å². The highest BCUT2D eigenvalue weighted by Crippen LogP contribution is 2.09. The second kappa shape index (κ2) is 9.15. The summed E-state index contributed by atoms with van der Waals surface area (Å²) in [7, 11) is 0. The Bertz CT molecular complexity index is 363. The van der Waals surface area contributed by atoms with Gasteiger partial charge in [-0.15, -0.1) is 0 Å². The molecule has 1 aromatic carbocycles. The van der Waals surface area contributed by atoms with Gasteiger partial charge in [-0.3, -0.25) is 0 Å². The number of rotatable bonds is 9. The standard InChI is InChI=1S/C18H32N2/c1-6-20(7-2)10-8-9-17(5)19-14-18-12-15(3)11-16(4)13-18/h11-13,17,19H,6-10,14H2,1-5H3. The molecule has 0 aliphatic rings. The van der Waals surface area contributed by atoms with Crippen molar-refractivity contribution in [2.75, 3.05) is 19.6 Å². The van der Waals surface area contributed by atoms with Gasteiger partial charge < -0.3 is 10.2 Å². The van der Waals surface area contributed by atoms with Crippen LogP contribution in [0.25, 0.3) is 0 Å². The quantitative estimate of drug-likeness (QED) is 0.736. The highest BCUT2D eigenvalue weighted by atomic mass is 15.1. The molecule has 1 atom stereocenters. The lowest BCUT2D eigenvalue weighted by atomic mass is 10.1. The van der Waals surface area contributed by atoms with Gasteiger partial charge in [-0.1, -0.05) is 43.2 Å². The minimum absolute atomic E-state index is 0.589. The van der Waals surface area contributed by atoms with Crippen LogP contribution in [-0.4, -0.2) is 30.6 Å². The smallest absolute Gasteiger partial charge is 0.0208 e. The highest BCUT2D eigenvalue weighted by Gasteiger charge is 2.04. The number of aryl methyl sites for hydroxylation is 2. The maximum atomic E-state index is 3.64. The summed E-state index contributed by atoms with van der Waals surface area (Å²) in [6.07, 6.45) is 2.53. The van der Waals surface area contributed by atoms with Gasteiger partial charge in [-0.2, -0.15) is 0 Å². The van der Waals surface area contributed by atoms with Crippen LogP contribution in [0.4, 0.5) is 0 Å². The monoisotopic (exact) mass is 276 g/mol. The Kier molecular flexibility index (Phi) is 7.86. The molecule has 0 aliphatic carbocycles. The van der Waals surface area contributed by atoms with E-state index in [2.05, 4.69) is 63.0 Å². The third kappa shape index (κ3) is 6.53. The van der Waals surface area contributed by atoms with Crippen molar-refractivity contribution in [1.82, 2.24) is 10.2 Å². The van der Waals surface area contributed by atoms with Crippen molar-refractivity contribution >= 4 is 0 Å². The first kappa shape index (κ1) is 17.2. The van der Waals surface area contributed by atoms with E-state index in [-0.39, 0.29) is 0 Å². The molecule has 0 radical (unpaired) electrons. The van der Waals surface area contributed by atoms with Crippen molar-refractivity contribution in [3.05, 3.63) is 34.9 Å². The van der Waals surface area contributed by atoms with Crippen LogP contribution in [-0.2, 0) is 6.54 Å². The van der Waals surface area contributed by atoms with Gasteiger partial charge >= 0.3 is 0 Å². The average molecular weight is 276 g/mol. The molecule has 0 spiro atoms. The first-order valence-corrected chi connectivity index (χ1v) is 8.08. The van der Waals surface area contributed by atoms with E-state index in [1.54, 1.807) is 0 Å². The van der Waals surface area contributed by atoms with E-state index in [0.717, 1.165) is 6.54 Å². The van der Waals surface area contributed by atoms with Crippen molar-refractivity contribution in [2.45, 2.75) is 60.0 Å². The van der Waals surface area contributed by atoms with Crippen LogP contribution in [0.15, 0.2) is 18.2 Å². The topological polar surface area (TPSA) is 15.3 Å². The molecule has 1 rings (SSSR count). The molecule has 0 amide bonds. The fraction of sp³-hybridized carbons (Fsp3) is 0.667. The lowest BCUT2D eigenvalue weighted by Gasteiger charge is -2.20. The molecule has 0 heterocycles. The molecule has 1 aromatic rings. The van der Waals surface area contributed by atoms with E-state index in [1.807, 2.05) is 0 Å². The first-order valence-electron chi connectivity index (χ1n) is 8.08. The van der Waals surface area contributed by atoms with Crippen molar-refractivity contribution in [3.63, 3.8) is 0 Å². The second-order valence-electron chi connectivity index (χ2n) is 5.95. The number of hydrogen-bond donors (Lipinski definition) is 1. The van der Waals surface area contributed by atoms with E-state index < -0.39 is 0 Å². The SMILES string of the molecule is CCN(CC)CCCC(C)NCc1cc(C)cc(C)c1. The van der Waals surface area contributed by atoms with Gasteiger partial charge in [0.05, 0.1) is 0 Å². The molecule has 114 valence electrons. The molecule has 1 unspecified atom stereocenters. The Balaban J connectivity index is 2.27. The molecule has 0 aliphatic heterocycles. The number of nitrogens with zero attached hydrogens (tertiary/aromatic N) is 1. The predicted octanol–water partition coefficient (Wildman–Crippen LogP) is 3.90. The molecular formula is C18H32N2. The minimum atomic E-state index is 0.589. The molecule has 0 fully saturated rings. The zero-order chi connectivity index (χ0) is 15.0. The third-order valence-corrected chi connectivity index (χ3v) is 3.94. The largest absolute Gasteiger partial charge is 0.310 e. The van der Waals surface area contributed by atoms with Crippen LogP contribution in [0, 0.1) is 13.8 Å². The summed E-state index contributed by atoms with van der Waals surface area (Å²) in [5.41, 5.74) is 4.12. The molecule has 0 aromatic heterocycles. The second-order valence-corrected chi connectivity index (χ2v) is 5.95. The summed E-state index contributed by atoms with van der Waals surface area (Å²) in [4.78, 5) is 2.50. The Morgan fingerprint density at radius 1 is 1.05 bits per heavy atom. The summed E-state index contributed by atoms with van der Waals surface area (Å²) >= 11 is 0. The van der Waals surface area contributed by atoms with Gasteiger partial charge in [-0.25, -0.2) is 0 Å². The lowest BCUT2D eigenvalue weighted by molar-refractivity contribution is 0.290. The van der Waals surface area contributed by atoms with Gasteiger partial charge in [-0.05, 0) is 58.8 Å².